The zero-order chi connectivity index (χ0) is 12.0. The number of carboxylic acids is 1. The highest BCUT2D eigenvalue weighted by Gasteiger charge is 2.16. The number of nitrogens with zero attached hydrogens (tertiary/aromatic N) is 2. The number of aliphatic carboxylic acids is 1. The third-order valence-electron chi connectivity index (χ3n) is 2.70. The van der Waals surface area contributed by atoms with Gasteiger partial charge in [0.2, 0.25) is 5.91 Å². The van der Waals surface area contributed by atoms with Gasteiger partial charge in [-0.2, -0.15) is 0 Å². The maximum absolute atomic E-state index is 10.8. The van der Waals surface area contributed by atoms with Crippen molar-refractivity contribution < 1.29 is 14.7 Å². The van der Waals surface area contributed by atoms with Crippen molar-refractivity contribution in [1.29, 1.82) is 0 Å². The van der Waals surface area contributed by atoms with Gasteiger partial charge in [0.15, 0.2) is 0 Å². The van der Waals surface area contributed by atoms with E-state index in [4.69, 9.17) is 10.8 Å². The van der Waals surface area contributed by atoms with Crippen molar-refractivity contribution in [2.24, 2.45) is 5.73 Å². The van der Waals surface area contributed by atoms with Crippen LogP contribution in [0.5, 0.6) is 0 Å². The lowest BCUT2D eigenvalue weighted by Gasteiger charge is -2.20. The summed E-state index contributed by atoms with van der Waals surface area (Å²) in [6, 6.07) is 0. The molecule has 1 saturated heterocycles. The Labute approximate surface area is 95.0 Å². The van der Waals surface area contributed by atoms with E-state index < -0.39 is 5.97 Å². The van der Waals surface area contributed by atoms with Crippen molar-refractivity contribution in [1.82, 2.24) is 9.80 Å². The summed E-state index contributed by atoms with van der Waals surface area (Å²) in [6.45, 7) is 4.21. The van der Waals surface area contributed by atoms with Crippen LogP contribution in [0.15, 0.2) is 0 Å². The molecule has 1 heterocycles. The Hall–Kier alpha value is -1.14. The second kappa shape index (κ2) is 6.44. The molecule has 1 fully saturated rings. The lowest BCUT2D eigenvalue weighted by molar-refractivity contribution is -0.137. The Morgan fingerprint density at radius 3 is 2.38 bits per heavy atom. The van der Waals surface area contributed by atoms with E-state index in [0.29, 0.717) is 13.1 Å². The molecular weight excluding hydrogens is 210 g/mol. The van der Waals surface area contributed by atoms with Crippen LogP contribution in [0.4, 0.5) is 0 Å². The maximum Gasteiger partial charge on any atom is 0.304 e. The van der Waals surface area contributed by atoms with Gasteiger partial charge in [-0.15, -0.1) is 0 Å². The van der Waals surface area contributed by atoms with E-state index >= 15 is 0 Å². The highest BCUT2D eigenvalue weighted by Crippen LogP contribution is 2.03. The normalized spacial score (nSPS) is 19.2. The van der Waals surface area contributed by atoms with Gasteiger partial charge in [0.05, 0.1) is 13.0 Å². The molecule has 6 heteroatoms. The molecular formula is C10H19N3O3. The highest BCUT2D eigenvalue weighted by molar-refractivity contribution is 5.75. The van der Waals surface area contributed by atoms with Crippen molar-refractivity contribution in [2.75, 3.05) is 39.3 Å². The van der Waals surface area contributed by atoms with Crippen LogP contribution in [0, 0.1) is 0 Å². The Kier molecular flexibility index (Phi) is 5.21. The summed E-state index contributed by atoms with van der Waals surface area (Å²) in [5, 5.41) is 8.59. The van der Waals surface area contributed by atoms with Gasteiger partial charge in [-0.1, -0.05) is 0 Å². The molecule has 0 saturated carbocycles. The van der Waals surface area contributed by atoms with Gasteiger partial charge >= 0.3 is 5.97 Å². The van der Waals surface area contributed by atoms with E-state index in [1.54, 1.807) is 0 Å². The van der Waals surface area contributed by atoms with Crippen LogP contribution in [0.2, 0.25) is 0 Å². The molecule has 0 bridgehead atoms. The van der Waals surface area contributed by atoms with Gasteiger partial charge in [0, 0.05) is 19.6 Å². The SMILES string of the molecule is NC(=O)CN1CCCN(CCC(=O)O)CC1. The molecule has 92 valence electrons. The quantitative estimate of drug-likeness (QED) is 0.628. The van der Waals surface area contributed by atoms with E-state index in [0.717, 1.165) is 32.6 Å². The molecule has 0 aromatic rings. The average Bonchev–Trinajstić information content (AvgIpc) is 2.39. The van der Waals surface area contributed by atoms with Crippen molar-refractivity contribution >= 4 is 11.9 Å². The summed E-state index contributed by atoms with van der Waals surface area (Å²) in [4.78, 5) is 25.3. The Morgan fingerprint density at radius 2 is 1.75 bits per heavy atom. The van der Waals surface area contributed by atoms with Crippen LogP contribution < -0.4 is 5.73 Å². The fraction of sp³-hybridized carbons (Fsp3) is 0.800. The van der Waals surface area contributed by atoms with Crippen LogP contribution in [0.3, 0.4) is 0 Å². The van der Waals surface area contributed by atoms with E-state index in [1.165, 1.54) is 0 Å². The first-order valence-electron chi connectivity index (χ1n) is 5.53. The zero-order valence-corrected chi connectivity index (χ0v) is 9.39. The first-order chi connectivity index (χ1) is 7.58. The largest absolute Gasteiger partial charge is 0.481 e. The van der Waals surface area contributed by atoms with Gasteiger partial charge in [-0.3, -0.25) is 14.5 Å². The Balaban J connectivity index is 2.28. The lowest BCUT2D eigenvalue weighted by atomic mass is 10.3. The molecule has 0 aromatic carbocycles. The minimum atomic E-state index is -0.766. The molecule has 0 aromatic heterocycles. The van der Waals surface area contributed by atoms with Gasteiger partial charge in [0.25, 0.3) is 0 Å². The standard InChI is InChI=1S/C10H19N3O3/c11-9(14)8-13-4-1-3-12(6-7-13)5-2-10(15)16/h1-8H2,(H2,11,14)(H,15,16). The van der Waals surface area contributed by atoms with E-state index in [2.05, 4.69) is 4.90 Å². The average molecular weight is 229 g/mol. The van der Waals surface area contributed by atoms with Crippen molar-refractivity contribution in [3.05, 3.63) is 0 Å². The predicted molar refractivity (Wildman–Crippen MR) is 58.9 cm³/mol. The third kappa shape index (κ3) is 5.09. The third-order valence-corrected chi connectivity index (χ3v) is 2.70. The number of rotatable bonds is 5. The van der Waals surface area contributed by atoms with Gasteiger partial charge in [-0.25, -0.2) is 0 Å². The first-order valence-corrected chi connectivity index (χ1v) is 5.53. The second-order valence-electron chi connectivity index (χ2n) is 4.08. The lowest BCUT2D eigenvalue weighted by Crippen LogP contribution is -2.37. The minimum Gasteiger partial charge on any atom is -0.481 e. The Morgan fingerprint density at radius 1 is 1.12 bits per heavy atom. The highest BCUT2D eigenvalue weighted by atomic mass is 16.4. The van der Waals surface area contributed by atoms with E-state index in [9.17, 15) is 9.59 Å². The summed E-state index contributed by atoms with van der Waals surface area (Å²) in [7, 11) is 0. The minimum absolute atomic E-state index is 0.176. The summed E-state index contributed by atoms with van der Waals surface area (Å²) in [5.41, 5.74) is 5.14. The molecule has 0 unspecified atom stereocenters. The summed E-state index contributed by atoms with van der Waals surface area (Å²) >= 11 is 0. The Bertz CT molecular complexity index is 258. The van der Waals surface area contributed by atoms with Crippen LogP contribution in [0.25, 0.3) is 0 Å². The second-order valence-corrected chi connectivity index (χ2v) is 4.08. The molecule has 0 atom stereocenters. The van der Waals surface area contributed by atoms with E-state index in [-0.39, 0.29) is 12.3 Å². The number of carbonyl (C=O) groups is 2. The summed E-state index contributed by atoms with van der Waals surface area (Å²) < 4.78 is 0. The monoisotopic (exact) mass is 229 g/mol. The number of nitrogens with two attached hydrogens (primary N) is 1. The number of amides is 1. The van der Waals surface area contributed by atoms with Crippen LogP contribution in [-0.4, -0.2) is 66.1 Å². The fourth-order valence-electron chi connectivity index (χ4n) is 1.88. The summed E-state index contributed by atoms with van der Waals surface area (Å²) in [6.07, 6.45) is 1.13. The molecule has 1 rings (SSSR count). The van der Waals surface area contributed by atoms with Crippen LogP contribution in [0.1, 0.15) is 12.8 Å². The number of hydrogen-bond donors (Lipinski definition) is 2. The molecule has 0 aliphatic carbocycles. The zero-order valence-electron chi connectivity index (χ0n) is 9.39. The van der Waals surface area contributed by atoms with Crippen LogP contribution in [-0.2, 0) is 9.59 Å². The van der Waals surface area contributed by atoms with Gasteiger partial charge < -0.3 is 15.7 Å². The van der Waals surface area contributed by atoms with Crippen LogP contribution >= 0.6 is 0 Å². The van der Waals surface area contributed by atoms with Crippen molar-refractivity contribution in [3.63, 3.8) is 0 Å². The number of primary amides is 1. The van der Waals surface area contributed by atoms with Gasteiger partial charge in [-0.05, 0) is 19.5 Å². The number of hydrogen-bond acceptors (Lipinski definition) is 4. The predicted octanol–water partition coefficient (Wildman–Crippen LogP) is -1.05. The molecule has 1 amide bonds. The number of carbonyl (C=O) groups excluding carboxylic acids is 1. The van der Waals surface area contributed by atoms with Gasteiger partial charge in [0.1, 0.15) is 0 Å². The topological polar surface area (TPSA) is 86.9 Å². The molecule has 1 aliphatic rings. The fourth-order valence-corrected chi connectivity index (χ4v) is 1.88. The van der Waals surface area contributed by atoms with Crippen molar-refractivity contribution in [3.8, 4) is 0 Å². The maximum atomic E-state index is 10.8. The smallest absolute Gasteiger partial charge is 0.304 e. The molecule has 6 nitrogen and oxygen atoms in total. The molecule has 0 radical (unpaired) electrons. The molecule has 0 spiro atoms. The first kappa shape index (κ1) is 12.9. The molecule has 3 N–H and O–H groups in total. The number of carboxylic acid groups (broad SMARTS) is 1. The molecule has 16 heavy (non-hydrogen) atoms. The molecule has 1 aliphatic heterocycles. The van der Waals surface area contributed by atoms with Crippen molar-refractivity contribution in [2.45, 2.75) is 12.8 Å². The summed E-state index contributed by atoms with van der Waals surface area (Å²) in [5.74, 6) is -1.07. The van der Waals surface area contributed by atoms with E-state index in [1.807, 2.05) is 4.90 Å².